The van der Waals surface area contributed by atoms with Crippen LogP contribution in [0.2, 0.25) is 0 Å². The van der Waals surface area contributed by atoms with Gasteiger partial charge in [-0.2, -0.15) is 0 Å². The Hall–Kier alpha value is -2.20. The molecule has 2 rings (SSSR count). The molecule has 0 saturated carbocycles. The Bertz CT molecular complexity index is 480. The molecule has 0 aromatic heterocycles. The van der Waals surface area contributed by atoms with Crippen molar-refractivity contribution in [2.24, 2.45) is 5.73 Å². The van der Waals surface area contributed by atoms with Gasteiger partial charge in [0.1, 0.15) is 17.2 Å². The SMILES string of the molecule is NCCNc1ccc(Oc2ccc(O)cc2)cc1. The molecule has 0 aliphatic carbocycles. The summed E-state index contributed by atoms with van der Waals surface area (Å²) in [5.74, 6) is 1.66. The van der Waals surface area contributed by atoms with E-state index in [0.29, 0.717) is 12.3 Å². The second-order valence-electron chi connectivity index (χ2n) is 3.84. The highest BCUT2D eigenvalue weighted by Gasteiger charge is 1.98. The molecular formula is C14H16N2O2. The number of ether oxygens (including phenoxy) is 1. The molecule has 0 fully saturated rings. The summed E-state index contributed by atoms with van der Waals surface area (Å²) in [6.07, 6.45) is 0. The lowest BCUT2D eigenvalue weighted by molar-refractivity contribution is 0.464. The van der Waals surface area contributed by atoms with Crippen molar-refractivity contribution in [2.75, 3.05) is 18.4 Å². The molecular weight excluding hydrogens is 228 g/mol. The Morgan fingerprint density at radius 3 is 2.06 bits per heavy atom. The van der Waals surface area contributed by atoms with Crippen molar-refractivity contribution in [1.29, 1.82) is 0 Å². The molecule has 0 amide bonds. The Labute approximate surface area is 106 Å². The second-order valence-corrected chi connectivity index (χ2v) is 3.84. The molecule has 0 heterocycles. The van der Waals surface area contributed by atoms with E-state index in [1.807, 2.05) is 24.3 Å². The topological polar surface area (TPSA) is 67.5 Å². The molecule has 0 unspecified atom stereocenters. The number of nitrogens with one attached hydrogen (secondary N) is 1. The normalized spacial score (nSPS) is 10.1. The van der Waals surface area contributed by atoms with E-state index in [1.165, 1.54) is 0 Å². The molecule has 4 N–H and O–H groups in total. The lowest BCUT2D eigenvalue weighted by atomic mass is 10.3. The Balaban J connectivity index is 1.99. The molecule has 0 radical (unpaired) electrons. The number of nitrogens with two attached hydrogens (primary N) is 1. The van der Waals surface area contributed by atoms with Crippen molar-refractivity contribution in [1.82, 2.24) is 0 Å². The standard InChI is InChI=1S/C14H16N2O2/c15-9-10-16-11-1-5-13(6-2-11)18-14-7-3-12(17)4-8-14/h1-8,16-17H,9-10,15H2. The van der Waals surface area contributed by atoms with E-state index in [0.717, 1.165) is 18.0 Å². The van der Waals surface area contributed by atoms with Crippen molar-refractivity contribution < 1.29 is 9.84 Å². The van der Waals surface area contributed by atoms with Crippen LogP contribution in [0.3, 0.4) is 0 Å². The lowest BCUT2D eigenvalue weighted by Crippen LogP contribution is -2.12. The molecule has 0 aliphatic rings. The number of benzene rings is 2. The van der Waals surface area contributed by atoms with Gasteiger partial charge in [-0.3, -0.25) is 0 Å². The molecule has 4 heteroatoms. The summed E-state index contributed by atoms with van der Waals surface area (Å²) >= 11 is 0. The van der Waals surface area contributed by atoms with Crippen LogP contribution in [0.25, 0.3) is 0 Å². The highest BCUT2D eigenvalue weighted by molar-refractivity contribution is 5.47. The highest BCUT2D eigenvalue weighted by atomic mass is 16.5. The van der Waals surface area contributed by atoms with Crippen LogP contribution in [-0.4, -0.2) is 18.2 Å². The summed E-state index contributed by atoms with van der Waals surface area (Å²) < 4.78 is 5.63. The second kappa shape index (κ2) is 5.93. The Morgan fingerprint density at radius 1 is 0.944 bits per heavy atom. The monoisotopic (exact) mass is 244 g/mol. The number of anilines is 1. The van der Waals surface area contributed by atoms with Gasteiger partial charge in [-0.05, 0) is 48.5 Å². The molecule has 94 valence electrons. The number of rotatable bonds is 5. The maximum atomic E-state index is 9.17. The van der Waals surface area contributed by atoms with Crippen LogP contribution in [0.5, 0.6) is 17.2 Å². The van der Waals surface area contributed by atoms with Gasteiger partial charge in [-0.1, -0.05) is 0 Å². The number of phenolic OH excluding ortho intramolecular Hbond substituents is 1. The highest BCUT2D eigenvalue weighted by Crippen LogP contribution is 2.24. The zero-order valence-corrected chi connectivity index (χ0v) is 9.97. The van der Waals surface area contributed by atoms with E-state index in [2.05, 4.69) is 5.32 Å². The molecule has 0 atom stereocenters. The number of hydrogen-bond donors (Lipinski definition) is 3. The third-order valence-corrected chi connectivity index (χ3v) is 2.40. The van der Waals surface area contributed by atoms with Gasteiger partial charge in [0.25, 0.3) is 0 Å². The summed E-state index contributed by atoms with van der Waals surface area (Å²) in [6, 6.07) is 14.2. The van der Waals surface area contributed by atoms with Gasteiger partial charge in [-0.25, -0.2) is 0 Å². The molecule has 2 aromatic rings. The zero-order valence-electron chi connectivity index (χ0n) is 9.97. The number of hydrogen-bond acceptors (Lipinski definition) is 4. The first-order chi connectivity index (χ1) is 8.78. The lowest BCUT2D eigenvalue weighted by Gasteiger charge is -2.08. The molecule has 18 heavy (non-hydrogen) atoms. The molecule has 0 bridgehead atoms. The zero-order chi connectivity index (χ0) is 12.8. The fraction of sp³-hybridized carbons (Fsp3) is 0.143. The summed E-state index contributed by atoms with van der Waals surface area (Å²) in [5, 5.41) is 12.3. The van der Waals surface area contributed by atoms with Gasteiger partial charge < -0.3 is 20.9 Å². The minimum Gasteiger partial charge on any atom is -0.508 e. The van der Waals surface area contributed by atoms with Gasteiger partial charge >= 0.3 is 0 Å². The fourth-order valence-corrected chi connectivity index (χ4v) is 1.51. The predicted molar refractivity (Wildman–Crippen MR) is 72.2 cm³/mol. The summed E-state index contributed by atoms with van der Waals surface area (Å²) in [4.78, 5) is 0. The Kier molecular flexibility index (Phi) is 4.04. The Morgan fingerprint density at radius 2 is 1.50 bits per heavy atom. The molecule has 0 spiro atoms. The predicted octanol–water partition coefficient (Wildman–Crippen LogP) is 2.56. The third kappa shape index (κ3) is 3.40. The van der Waals surface area contributed by atoms with E-state index in [1.54, 1.807) is 24.3 Å². The molecule has 2 aromatic carbocycles. The van der Waals surface area contributed by atoms with Crippen molar-refractivity contribution >= 4 is 5.69 Å². The van der Waals surface area contributed by atoms with Crippen LogP contribution < -0.4 is 15.8 Å². The van der Waals surface area contributed by atoms with Crippen LogP contribution >= 0.6 is 0 Å². The average Bonchev–Trinajstić information content (AvgIpc) is 2.41. The first-order valence-electron chi connectivity index (χ1n) is 5.79. The first kappa shape index (κ1) is 12.3. The van der Waals surface area contributed by atoms with Gasteiger partial charge in [0.05, 0.1) is 0 Å². The fourth-order valence-electron chi connectivity index (χ4n) is 1.51. The first-order valence-corrected chi connectivity index (χ1v) is 5.79. The minimum atomic E-state index is 0.226. The van der Waals surface area contributed by atoms with Crippen LogP contribution in [0, 0.1) is 0 Å². The maximum absolute atomic E-state index is 9.17. The largest absolute Gasteiger partial charge is 0.508 e. The van der Waals surface area contributed by atoms with E-state index < -0.39 is 0 Å². The van der Waals surface area contributed by atoms with E-state index >= 15 is 0 Å². The van der Waals surface area contributed by atoms with E-state index in [4.69, 9.17) is 15.6 Å². The summed E-state index contributed by atoms with van der Waals surface area (Å²) in [7, 11) is 0. The van der Waals surface area contributed by atoms with Gasteiger partial charge in [0.2, 0.25) is 0 Å². The quantitative estimate of drug-likeness (QED) is 0.756. The summed E-state index contributed by atoms with van der Waals surface area (Å²) in [5.41, 5.74) is 6.43. The van der Waals surface area contributed by atoms with Gasteiger partial charge in [0, 0.05) is 18.8 Å². The average molecular weight is 244 g/mol. The van der Waals surface area contributed by atoms with Crippen molar-refractivity contribution in [3.05, 3.63) is 48.5 Å². The van der Waals surface area contributed by atoms with Gasteiger partial charge in [-0.15, -0.1) is 0 Å². The summed E-state index contributed by atoms with van der Waals surface area (Å²) in [6.45, 7) is 1.35. The van der Waals surface area contributed by atoms with Crippen LogP contribution in [0.1, 0.15) is 0 Å². The number of phenols is 1. The van der Waals surface area contributed by atoms with Crippen LogP contribution in [0.4, 0.5) is 5.69 Å². The van der Waals surface area contributed by atoms with Crippen LogP contribution in [-0.2, 0) is 0 Å². The van der Waals surface area contributed by atoms with Crippen molar-refractivity contribution in [3.63, 3.8) is 0 Å². The maximum Gasteiger partial charge on any atom is 0.127 e. The minimum absolute atomic E-state index is 0.226. The smallest absolute Gasteiger partial charge is 0.127 e. The third-order valence-electron chi connectivity index (χ3n) is 2.40. The van der Waals surface area contributed by atoms with E-state index in [-0.39, 0.29) is 5.75 Å². The van der Waals surface area contributed by atoms with Crippen LogP contribution in [0.15, 0.2) is 48.5 Å². The molecule has 0 saturated heterocycles. The number of aromatic hydroxyl groups is 1. The van der Waals surface area contributed by atoms with Crippen molar-refractivity contribution in [3.8, 4) is 17.2 Å². The van der Waals surface area contributed by atoms with Gasteiger partial charge in [0.15, 0.2) is 0 Å². The molecule has 0 aliphatic heterocycles. The van der Waals surface area contributed by atoms with E-state index in [9.17, 15) is 0 Å². The molecule has 4 nitrogen and oxygen atoms in total. The van der Waals surface area contributed by atoms with Crippen molar-refractivity contribution in [2.45, 2.75) is 0 Å².